The zero-order valence-corrected chi connectivity index (χ0v) is 20.6. The molecule has 190 valence electrons. The third-order valence-corrected chi connectivity index (χ3v) is 6.45. The highest BCUT2D eigenvalue weighted by molar-refractivity contribution is 5.95. The number of piperazine rings is 1. The zero-order chi connectivity index (χ0) is 25.9. The smallest absolute Gasteiger partial charge is 0.270 e. The molecule has 0 aliphatic carbocycles. The van der Waals surface area contributed by atoms with Crippen LogP contribution < -0.4 is 20.1 Å². The average molecular weight is 503 g/mol. The fourth-order valence-electron chi connectivity index (χ4n) is 4.51. The summed E-state index contributed by atoms with van der Waals surface area (Å²) in [6.07, 6.45) is 3.38. The number of nitrogen functional groups attached to an aromatic ring is 1. The van der Waals surface area contributed by atoms with Gasteiger partial charge in [0.25, 0.3) is 5.91 Å². The number of ether oxygens (including phenoxy) is 2. The van der Waals surface area contributed by atoms with E-state index < -0.39 is 0 Å². The van der Waals surface area contributed by atoms with E-state index in [1.54, 1.807) is 55.8 Å². The van der Waals surface area contributed by atoms with E-state index in [0.717, 1.165) is 11.1 Å². The van der Waals surface area contributed by atoms with Gasteiger partial charge < -0.3 is 30.0 Å². The molecule has 1 aliphatic rings. The lowest BCUT2D eigenvalue weighted by atomic mass is 10.0. The molecule has 0 atom stereocenters. The summed E-state index contributed by atoms with van der Waals surface area (Å²) in [6.45, 7) is 2.07. The molecule has 5 rings (SSSR count). The number of nitrogens with one attached hydrogen (secondary N) is 1. The molecule has 3 heterocycles. The maximum absolute atomic E-state index is 14.2. The number of methoxy groups -OCH3 is 2. The number of nitrogens with two attached hydrogens (primary N) is 1. The minimum Gasteiger partial charge on any atom is -0.493 e. The number of hydrogen-bond donors (Lipinski definition) is 2. The molecule has 2 aromatic carbocycles. The minimum absolute atomic E-state index is 0.123. The van der Waals surface area contributed by atoms with Crippen LogP contribution in [0, 0.1) is 5.82 Å². The fourth-order valence-corrected chi connectivity index (χ4v) is 4.51. The molecule has 1 aliphatic heterocycles. The number of rotatable bonds is 6. The van der Waals surface area contributed by atoms with Gasteiger partial charge in [-0.1, -0.05) is 18.2 Å². The van der Waals surface area contributed by atoms with Crippen LogP contribution in [0.4, 0.5) is 16.0 Å². The van der Waals surface area contributed by atoms with Crippen molar-refractivity contribution in [1.82, 2.24) is 19.9 Å². The number of para-hydroxylation sites is 1. The van der Waals surface area contributed by atoms with Gasteiger partial charge in [-0.3, -0.25) is 4.79 Å². The molecule has 0 unspecified atom stereocenters. The van der Waals surface area contributed by atoms with Crippen molar-refractivity contribution in [2.24, 2.45) is 0 Å². The molecule has 37 heavy (non-hydrogen) atoms. The average Bonchev–Trinajstić information content (AvgIpc) is 3.43. The summed E-state index contributed by atoms with van der Waals surface area (Å²) in [5, 5.41) is 0. The Morgan fingerprint density at radius 1 is 1.00 bits per heavy atom. The molecule has 2 aromatic heterocycles. The summed E-state index contributed by atoms with van der Waals surface area (Å²) in [5.41, 5.74) is 9.73. The van der Waals surface area contributed by atoms with Crippen molar-refractivity contribution in [1.29, 1.82) is 0 Å². The van der Waals surface area contributed by atoms with E-state index in [9.17, 15) is 9.18 Å². The number of anilines is 2. The molecule has 1 saturated heterocycles. The predicted octanol–water partition coefficient (Wildman–Crippen LogP) is 3.84. The molecule has 0 bridgehead atoms. The number of benzene rings is 2. The Hall–Kier alpha value is -4.60. The monoisotopic (exact) mass is 502 g/mol. The quantitative estimate of drug-likeness (QED) is 0.412. The van der Waals surface area contributed by atoms with Crippen LogP contribution in [0.15, 0.2) is 60.9 Å². The number of amides is 1. The lowest BCUT2D eigenvalue weighted by molar-refractivity contribution is 0.0741. The highest BCUT2D eigenvalue weighted by atomic mass is 19.1. The molecular formula is C27H27FN6O3. The number of H-pyrrole nitrogens is 1. The maximum Gasteiger partial charge on any atom is 0.270 e. The molecule has 1 amide bonds. The van der Waals surface area contributed by atoms with Gasteiger partial charge in [0.1, 0.15) is 11.5 Å². The Morgan fingerprint density at radius 3 is 2.49 bits per heavy atom. The SMILES string of the molecule is COc1ccc(-c2cnc(N)nc2-c2c[nH]c(C(=O)N3CCN(c4ccccc4F)CC3)c2)cc1OC. The first-order chi connectivity index (χ1) is 18.0. The number of aromatic nitrogens is 3. The van der Waals surface area contributed by atoms with E-state index in [0.29, 0.717) is 60.3 Å². The molecule has 0 radical (unpaired) electrons. The molecule has 1 fully saturated rings. The van der Waals surface area contributed by atoms with Crippen molar-refractivity contribution in [2.75, 3.05) is 51.0 Å². The normalized spacial score (nSPS) is 13.5. The van der Waals surface area contributed by atoms with Crippen LogP contribution in [0.1, 0.15) is 10.5 Å². The second kappa shape index (κ2) is 10.2. The summed E-state index contributed by atoms with van der Waals surface area (Å²) in [4.78, 5) is 28.7. The largest absolute Gasteiger partial charge is 0.493 e. The van der Waals surface area contributed by atoms with Crippen LogP contribution in [0.2, 0.25) is 0 Å². The third kappa shape index (κ3) is 4.77. The summed E-state index contributed by atoms with van der Waals surface area (Å²) in [5.74, 6) is 0.911. The van der Waals surface area contributed by atoms with E-state index >= 15 is 0 Å². The van der Waals surface area contributed by atoms with Gasteiger partial charge in [-0.2, -0.15) is 0 Å². The van der Waals surface area contributed by atoms with Crippen molar-refractivity contribution in [2.45, 2.75) is 0 Å². The molecule has 3 N–H and O–H groups in total. The summed E-state index contributed by atoms with van der Waals surface area (Å²) in [7, 11) is 3.15. The maximum atomic E-state index is 14.2. The lowest BCUT2D eigenvalue weighted by Crippen LogP contribution is -2.49. The van der Waals surface area contributed by atoms with Crippen molar-refractivity contribution < 1.29 is 18.7 Å². The number of carbonyl (C=O) groups is 1. The second-order valence-electron chi connectivity index (χ2n) is 8.59. The summed E-state index contributed by atoms with van der Waals surface area (Å²) in [6, 6.07) is 14.0. The van der Waals surface area contributed by atoms with E-state index in [1.165, 1.54) is 6.07 Å². The Labute approximate surface area is 213 Å². The zero-order valence-electron chi connectivity index (χ0n) is 20.6. The molecule has 0 spiro atoms. The van der Waals surface area contributed by atoms with Crippen LogP contribution in [0.25, 0.3) is 22.4 Å². The highest BCUT2D eigenvalue weighted by Gasteiger charge is 2.25. The Kier molecular flexibility index (Phi) is 6.63. The van der Waals surface area contributed by atoms with Crippen LogP contribution >= 0.6 is 0 Å². The lowest BCUT2D eigenvalue weighted by Gasteiger charge is -2.36. The van der Waals surface area contributed by atoms with E-state index in [4.69, 9.17) is 15.2 Å². The summed E-state index contributed by atoms with van der Waals surface area (Å²) < 4.78 is 24.9. The van der Waals surface area contributed by atoms with Gasteiger partial charge >= 0.3 is 0 Å². The van der Waals surface area contributed by atoms with Crippen molar-refractivity contribution in [3.8, 4) is 33.9 Å². The van der Waals surface area contributed by atoms with Gasteiger partial charge in [-0.25, -0.2) is 14.4 Å². The number of hydrogen-bond acceptors (Lipinski definition) is 7. The van der Waals surface area contributed by atoms with Crippen molar-refractivity contribution in [3.05, 3.63) is 72.4 Å². The first-order valence-electron chi connectivity index (χ1n) is 11.8. The van der Waals surface area contributed by atoms with Gasteiger partial charge in [0.2, 0.25) is 5.95 Å². The molecule has 10 heteroatoms. The van der Waals surface area contributed by atoms with Gasteiger partial charge in [0.15, 0.2) is 11.5 Å². The molecular weight excluding hydrogens is 475 g/mol. The Bertz CT molecular complexity index is 1430. The van der Waals surface area contributed by atoms with E-state index in [-0.39, 0.29) is 17.7 Å². The third-order valence-electron chi connectivity index (χ3n) is 6.45. The number of aromatic amines is 1. The minimum atomic E-state index is -0.259. The van der Waals surface area contributed by atoms with Crippen LogP contribution in [-0.2, 0) is 0 Å². The second-order valence-corrected chi connectivity index (χ2v) is 8.59. The van der Waals surface area contributed by atoms with Crippen molar-refractivity contribution >= 4 is 17.5 Å². The fraction of sp³-hybridized carbons (Fsp3) is 0.222. The molecule has 4 aromatic rings. The summed E-state index contributed by atoms with van der Waals surface area (Å²) >= 11 is 0. The van der Waals surface area contributed by atoms with Gasteiger partial charge in [-0.05, 0) is 35.9 Å². The number of carbonyl (C=O) groups excluding carboxylic acids is 1. The van der Waals surface area contributed by atoms with Gasteiger partial charge in [0, 0.05) is 49.7 Å². The highest BCUT2D eigenvalue weighted by Crippen LogP contribution is 2.36. The van der Waals surface area contributed by atoms with Crippen LogP contribution in [-0.4, -0.2) is 66.2 Å². The Balaban J connectivity index is 1.37. The molecule has 9 nitrogen and oxygen atoms in total. The van der Waals surface area contributed by atoms with Crippen LogP contribution in [0.5, 0.6) is 11.5 Å². The number of halogens is 1. The van der Waals surface area contributed by atoms with E-state index in [1.807, 2.05) is 23.1 Å². The predicted molar refractivity (Wildman–Crippen MR) is 139 cm³/mol. The molecule has 0 saturated carbocycles. The van der Waals surface area contributed by atoms with Gasteiger partial charge in [0.05, 0.1) is 25.6 Å². The first kappa shape index (κ1) is 24.1. The van der Waals surface area contributed by atoms with Gasteiger partial charge in [-0.15, -0.1) is 0 Å². The first-order valence-corrected chi connectivity index (χ1v) is 11.8. The standard InChI is InChI=1S/C27H27FN6O3/c1-36-23-8-7-17(14-24(23)37-2)19-16-31-27(29)32-25(19)18-13-21(30-15-18)26(35)34-11-9-33(10-12-34)22-6-4-3-5-20(22)28/h3-8,13-16,30H,9-12H2,1-2H3,(H2,29,31,32). The van der Waals surface area contributed by atoms with E-state index in [2.05, 4.69) is 15.0 Å². The van der Waals surface area contributed by atoms with Crippen LogP contribution in [0.3, 0.4) is 0 Å². The Morgan fingerprint density at radius 2 is 1.76 bits per heavy atom. The van der Waals surface area contributed by atoms with Crippen molar-refractivity contribution in [3.63, 3.8) is 0 Å². The number of nitrogens with zero attached hydrogens (tertiary/aromatic N) is 4. The topological polar surface area (TPSA) is 110 Å².